The molecule has 1 aliphatic rings. The summed E-state index contributed by atoms with van der Waals surface area (Å²) in [6.07, 6.45) is 5.28. The van der Waals surface area contributed by atoms with Crippen LogP contribution in [-0.2, 0) is 11.3 Å². The van der Waals surface area contributed by atoms with E-state index in [-0.39, 0.29) is 12.1 Å². The number of terminal acetylenes is 1. The van der Waals surface area contributed by atoms with E-state index in [0.29, 0.717) is 6.61 Å². The minimum absolute atomic E-state index is 0.0433. The molecule has 0 N–H and O–H groups in total. The first-order valence-electron chi connectivity index (χ1n) is 6.63. The van der Waals surface area contributed by atoms with E-state index < -0.39 is 0 Å². The van der Waals surface area contributed by atoms with Crippen molar-refractivity contribution >= 4 is 6.72 Å². The molecule has 1 saturated heterocycles. The molecule has 0 bridgehead atoms. The molecule has 0 aromatic heterocycles. The Morgan fingerprint density at radius 2 is 2.15 bits per heavy atom. The summed E-state index contributed by atoms with van der Waals surface area (Å²) in [6.45, 7) is 6.52. The second-order valence-corrected chi connectivity index (χ2v) is 4.85. The van der Waals surface area contributed by atoms with Gasteiger partial charge in [-0.1, -0.05) is 18.1 Å². The number of likely N-dealkylation sites (tertiary alicyclic amines) is 1. The van der Waals surface area contributed by atoms with Crippen molar-refractivity contribution in [1.29, 1.82) is 0 Å². The van der Waals surface area contributed by atoms with Crippen LogP contribution in [0.2, 0.25) is 0 Å². The summed E-state index contributed by atoms with van der Waals surface area (Å²) in [7, 11) is 1.67. The van der Waals surface area contributed by atoms with Gasteiger partial charge in [0, 0.05) is 19.6 Å². The van der Waals surface area contributed by atoms with E-state index >= 15 is 0 Å². The highest BCUT2D eigenvalue weighted by Crippen LogP contribution is 2.20. The Labute approximate surface area is 120 Å². The smallest absolute Gasteiger partial charge is 0.118 e. The number of hydrogen-bond acceptors (Lipinski definition) is 4. The van der Waals surface area contributed by atoms with Crippen molar-refractivity contribution in [3.05, 3.63) is 29.8 Å². The van der Waals surface area contributed by atoms with Gasteiger partial charge < -0.3 is 9.47 Å². The van der Waals surface area contributed by atoms with E-state index in [1.165, 1.54) is 5.56 Å². The SMILES string of the molecule is C#CCO[C@@H]1CN(Cc2ccc(OC)cc2)C[C@H]1N=C. The fourth-order valence-electron chi connectivity index (χ4n) is 2.45. The maximum absolute atomic E-state index is 5.63. The van der Waals surface area contributed by atoms with E-state index in [0.717, 1.165) is 25.4 Å². The minimum atomic E-state index is 0.0433. The molecule has 1 aliphatic heterocycles. The van der Waals surface area contributed by atoms with Crippen molar-refractivity contribution in [3.8, 4) is 18.1 Å². The second-order valence-electron chi connectivity index (χ2n) is 4.85. The Bertz CT molecular complexity index is 478. The molecule has 0 amide bonds. The van der Waals surface area contributed by atoms with Crippen LogP contribution in [0.25, 0.3) is 0 Å². The van der Waals surface area contributed by atoms with E-state index in [1.54, 1.807) is 7.11 Å². The van der Waals surface area contributed by atoms with Crippen molar-refractivity contribution in [2.75, 3.05) is 26.8 Å². The molecular formula is C16H20N2O2. The second kappa shape index (κ2) is 7.09. The van der Waals surface area contributed by atoms with Gasteiger partial charge in [0.25, 0.3) is 0 Å². The van der Waals surface area contributed by atoms with Gasteiger partial charge in [0.2, 0.25) is 0 Å². The van der Waals surface area contributed by atoms with E-state index in [2.05, 4.69) is 34.7 Å². The predicted octanol–water partition coefficient (Wildman–Crippen LogP) is 1.60. The normalized spacial score (nSPS) is 22.4. The van der Waals surface area contributed by atoms with Crippen LogP contribution in [0.1, 0.15) is 5.56 Å². The van der Waals surface area contributed by atoms with Gasteiger partial charge in [0.05, 0.1) is 19.3 Å². The monoisotopic (exact) mass is 272 g/mol. The molecule has 0 aliphatic carbocycles. The van der Waals surface area contributed by atoms with Gasteiger partial charge in [0.1, 0.15) is 12.4 Å². The average molecular weight is 272 g/mol. The Balaban J connectivity index is 1.93. The van der Waals surface area contributed by atoms with E-state index in [9.17, 15) is 0 Å². The first-order chi connectivity index (χ1) is 9.76. The summed E-state index contributed by atoms with van der Waals surface area (Å²) >= 11 is 0. The van der Waals surface area contributed by atoms with Crippen LogP contribution in [-0.4, -0.2) is 50.6 Å². The summed E-state index contributed by atoms with van der Waals surface area (Å²) < 4.78 is 10.8. The minimum Gasteiger partial charge on any atom is -0.497 e. The topological polar surface area (TPSA) is 34.1 Å². The Kier molecular flexibility index (Phi) is 5.16. The molecule has 0 unspecified atom stereocenters. The molecule has 1 fully saturated rings. The standard InChI is InChI=1S/C16H20N2O2/c1-4-9-20-16-12-18(11-15(16)17-2)10-13-5-7-14(19-3)8-6-13/h1,5-8,15-16H,2,9-12H2,3H3/t15-,16-/m1/s1. The molecule has 0 spiro atoms. The van der Waals surface area contributed by atoms with Crippen LogP contribution in [0.3, 0.4) is 0 Å². The van der Waals surface area contributed by atoms with Crippen molar-refractivity contribution in [2.45, 2.75) is 18.7 Å². The Morgan fingerprint density at radius 1 is 1.40 bits per heavy atom. The molecule has 0 saturated carbocycles. The third kappa shape index (κ3) is 3.60. The fraction of sp³-hybridized carbons (Fsp3) is 0.438. The number of nitrogens with zero attached hydrogens (tertiary/aromatic N) is 2. The molecule has 2 rings (SSSR count). The highest BCUT2D eigenvalue weighted by atomic mass is 16.5. The van der Waals surface area contributed by atoms with Gasteiger partial charge in [-0.25, -0.2) is 0 Å². The summed E-state index contributed by atoms with van der Waals surface area (Å²) in [5.41, 5.74) is 1.24. The van der Waals surface area contributed by atoms with Crippen LogP contribution in [0.5, 0.6) is 5.75 Å². The first-order valence-corrected chi connectivity index (χ1v) is 6.63. The maximum atomic E-state index is 5.63. The highest BCUT2D eigenvalue weighted by molar-refractivity contribution is 5.27. The first kappa shape index (κ1) is 14.6. The average Bonchev–Trinajstić information content (AvgIpc) is 2.87. The molecule has 1 aromatic carbocycles. The molecule has 1 aromatic rings. The van der Waals surface area contributed by atoms with Gasteiger partial charge in [-0.15, -0.1) is 6.42 Å². The zero-order valence-electron chi connectivity index (χ0n) is 11.8. The van der Waals surface area contributed by atoms with Crippen molar-refractivity contribution in [3.63, 3.8) is 0 Å². The van der Waals surface area contributed by atoms with Crippen LogP contribution < -0.4 is 4.74 Å². The molecule has 2 atom stereocenters. The zero-order chi connectivity index (χ0) is 14.4. The van der Waals surface area contributed by atoms with E-state index in [1.807, 2.05) is 12.1 Å². The lowest BCUT2D eigenvalue weighted by Crippen LogP contribution is -2.25. The lowest BCUT2D eigenvalue weighted by molar-refractivity contribution is 0.0748. The van der Waals surface area contributed by atoms with Crippen LogP contribution in [0, 0.1) is 12.3 Å². The maximum Gasteiger partial charge on any atom is 0.118 e. The van der Waals surface area contributed by atoms with Gasteiger partial charge in [-0.05, 0) is 24.4 Å². The summed E-state index contributed by atoms with van der Waals surface area (Å²) in [5.74, 6) is 3.37. The molecule has 4 heteroatoms. The molecule has 20 heavy (non-hydrogen) atoms. The molecular weight excluding hydrogens is 252 g/mol. The highest BCUT2D eigenvalue weighted by Gasteiger charge is 2.32. The largest absolute Gasteiger partial charge is 0.497 e. The lowest BCUT2D eigenvalue weighted by atomic mass is 10.2. The van der Waals surface area contributed by atoms with Gasteiger partial charge >= 0.3 is 0 Å². The summed E-state index contributed by atoms with van der Waals surface area (Å²) in [5, 5.41) is 0. The predicted molar refractivity (Wildman–Crippen MR) is 80.2 cm³/mol. The Hall–Kier alpha value is -1.83. The van der Waals surface area contributed by atoms with Crippen LogP contribution in [0.4, 0.5) is 0 Å². The van der Waals surface area contributed by atoms with Gasteiger partial charge in [0.15, 0.2) is 0 Å². The lowest BCUT2D eigenvalue weighted by Gasteiger charge is -2.15. The van der Waals surface area contributed by atoms with Gasteiger partial charge in [-0.2, -0.15) is 0 Å². The third-order valence-electron chi connectivity index (χ3n) is 3.49. The number of benzene rings is 1. The number of hydrogen-bond donors (Lipinski definition) is 0. The quantitative estimate of drug-likeness (QED) is 0.582. The Morgan fingerprint density at radius 3 is 2.75 bits per heavy atom. The third-order valence-corrected chi connectivity index (χ3v) is 3.49. The van der Waals surface area contributed by atoms with Crippen LogP contribution >= 0.6 is 0 Å². The molecule has 4 nitrogen and oxygen atoms in total. The molecule has 106 valence electrons. The van der Waals surface area contributed by atoms with Crippen molar-refractivity contribution < 1.29 is 9.47 Å². The number of methoxy groups -OCH3 is 1. The van der Waals surface area contributed by atoms with Gasteiger partial charge in [-0.3, -0.25) is 9.89 Å². The van der Waals surface area contributed by atoms with E-state index in [4.69, 9.17) is 15.9 Å². The number of rotatable bonds is 6. The summed E-state index contributed by atoms with van der Waals surface area (Å²) in [4.78, 5) is 6.44. The molecule has 0 radical (unpaired) electrons. The van der Waals surface area contributed by atoms with Crippen LogP contribution in [0.15, 0.2) is 29.3 Å². The van der Waals surface area contributed by atoms with Crippen molar-refractivity contribution in [2.24, 2.45) is 4.99 Å². The number of ether oxygens (including phenoxy) is 2. The fourth-order valence-corrected chi connectivity index (χ4v) is 2.45. The summed E-state index contributed by atoms with van der Waals surface area (Å²) in [6, 6.07) is 8.19. The van der Waals surface area contributed by atoms with Crippen molar-refractivity contribution in [1.82, 2.24) is 4.90 Å². The zero-order valence-corrected chi connectivity index (χ0v) is 11.8. The number of aliphatic imine (C=N–C) groups is 1. The molecule has 1 heterocycles.